The number of anilines is 1. The number of ether oxygens (including phenoxy) is 2. The van der Waals surface area contributed by atoms with Crippen molar-refractivity contribution in [3.8, 4) is 11.5 Å². The van der Waals surface area contributed by atoms with Gasteiger partial charge in [-0.05, 0) is 46.2 Å². The van der Waals surface area contributed by atoms with Gasteiger partial charge >= 0.3 is 0 Å². The molecule has 37 heavy (non-hydrogen) atoms. The predicted octanol–water partition coefficient (Wildman–Crippen LogP) is 6.74. The smallest absolute Gasteiger partial charge is 0.271 e. The number of amides is 1. The van der Waals surface area contributed by atoms with Crippen molar-refractivity contribution in [3.05, 3.63) is 111 Å². The predicted molar refractivity (Wildman–Crippen MR) is 150 cm³/mol. The van der Waals surface area contributed by atoms with Crippen molar-refractivity contribution < 1.29 is 19.2 Å². The lowest BCUT2D eigenvalue weighted by Crippen LogP contribution is -2.27. The first-order chi connectivity index (χ1) is 17.9. The fraction of sp³-hybridized carbons (Fsp3) is 0.0714. The Bertz CT molecular complexity index is 1580. The van der Waals surface area contributed by atoms with Gasteiger partial charge in [0, 0.05) is 12.1 Å². The fourth-order valence-corrected chi connectivity index (χ4v) is 5.35. The topological polar surface area (TPSA) is 81.9 Å². The molecule has 1 aliphatic heterocycles. The number of nitrogens with zero attached hydrogens (tertiary/aromatic N) is 2. The van der Waals surface area contributed by atoms with Crippen molar-refractivity contribution in [2.24, 2.45) is 0 Å². The monoisotopic (exact) mass is 528 g/mol. The van der Waals surface area contributed by atoms with Crippen LogP contribution < -0.4 is 14.4 Å². The zero-order chi connectivity index (χ0) is 25.9. The zero-order valence-electron chi connectivity index (χ0n) is 19.6. The summed E-state index contributed by atoms with van der Waals surface area (Å²) in [5.41, 5.74) is 2.04. The van der Waals surface area contributed by atoms with E-state index in [1.807, 2.05) is 30.3 Å². The number of thiocarbonyl (C=S) groups is 1. The molecule has 9 heteroatoms. The van der Waals surface area contributed by atoms with Gasteiger partial charge in [-0.2, -0.15) is 0 Å². The molecule has 0 aromatic heterocycles. The van der Waals surface area contributed by atoms with Crippen LogP contribution in [0.1, 0.15) is 11.1 Å². The summed E-state index contributed by atoms with van der Waals surface area (Å²) in [7, 11) is 1.56. The average Bonchev–Trinajstić information content (AvgIpc) is 3.19. The van der Waals surface area contributed by atoms with E-state index in [-0.39, 0.29) is 11.6 Å². The van der Waals surface area contributed by atoms with Gasteiger partial charge < -0.3 is 9.47 Å². The van der Waals surface area contributed by atoms with Gasteiger partial charge in [-0.25, -0.2) is 0 Å². The maximum absolute atomic E-state index is 13.1. The maximum atomic E-state index is 13.1. The summed E-state index contributed by atoms with van der Waals surface area (Å²) in [6.45, 7) is 0.374. The third-order valence-corrected chi connectivity index (χ3v) is 7.14. The second kappa shape index (κ2) is 10.4. The van der Waals surface area contributed by atoms with Crippen molar-refractivity contribution >= 4 is 62.4 Å². The Morgan fingerprint density at radius 2 is 1.78 bits per heavy atom. The van der Waals surface area contributed by atoms with Gasteiger partial charge in [0.05, 0.1) is 22.6 Å². The van der Waals surface area contributed by atoms with E-state index in [4.69, 9.17) is 21.7 Å². The quantitative estimate of drug-likeness (QED) is 0.114. The molecule has 1 fully saturated rings. The highest BCUT2D eigenvalue weighted by Gasteiger charge is 2.34. The van der Waals surface area contributed by atoms with Gasteiger partial charge in [-0.15, -0.1) is 0 Å². The summed E-state index contributed by atoms with van der Waals surface area (Å²) < 4.78 is 11.9. The maximum Gasteiger partial charge on any atom is 0.271 e. The van der Waals surface area contributed by atoms with Gasteiger partial charge in [-0.1, -0.05) is 78.6 Å². The largest absolute Gasteiger partial charge is 0.493 e. The SMILES string of the molecule is COc1cc(/C=C2/SC(=S)N(c3cccc([N+](=O)[O-])c3)C2=O)ccc1OCc1cccc2ccccc12. The van der Waals surface area contributed by atoms with E-state index in [0.717, 1.165) is 33.7 Å². The number of hydrogen-bond donors (Lipinski definition) is 0. The molecular weight excluding hydrogens is 508 g/mol. The van der Waals surface area contributed by atoms with Crippen LogP contribution in [-0.2, 0) is 11.4 Å². The minimum Gasteiger partial charge on any atom is -0.493 e. The lowest BCUT2D eigenvalue weighted by molar-refractivity contribution is -0.384. The Kier molecular flexibility index (Phi) is 6.89. The molecule has 0 atom stereocenters. The number of benzene rings is 4. The van der Waals surface area contributed by atoms with E-state index >= 15 is 0 Å². The first-order valence-electron chi connectivity index (χ1n) is 11.2. The number of methoxy groups -OCH3 is 1. The number of hydrogen-bond acceptors (Lipinski definition) is 7. The highest BCUT2D eigenvalue weighted by atomic mass is 32.2. The summed E-state index contributed by atoms with van der Waals surface area (Å²) in [5, 5.41) is 13.4. The summed E-state index contributed by atoms with van der Waals surface area (Å²) in [6.07, 6.45) is 1.72. The van der Waals surface area contributed by atoms with Gasteiger partial charge in [-0.3, -0.25) is 19.8 Å². The molecular formula is C28H20N2O5S2. The lowest BCUT2D eigenvalue weighted by Gasteiger charge is -2.14. The number of nitro groups is 1. The van der Waals surface area contributed by atoms with Crippen molar-refractivity contribution in [1.29, 1.82) is 0 Å². The Hall–Kier alpha value is -4.21. The second-order valence-corrected chi connectivity index (χ2v) is 9.81. The third-order valence-electron chi connectivity index (χ3n) is 5.84. The number of non-ortho nitro benzene ring substituents is 1. The molecule has 7 nitrogen and oxygen atoms in total. The first kappa shape index (κ1) is 24.5. The summed E-state index contributed by atoms with van der Waals surface area (Å²) >= 11 is 6.54. The van der Waals surface area contributed by atoms with Crippen LogP contribution in [0.25, 0.3) is 16.8 Å². The van der Waals surface area contributed by atoms with Gasteiger partial charge in [0.25, 0.3) is 11.6 Å². The van der Waals surface area contributed by atoms with Crippen LogP contribution in [0.2, 0.25) is 0 Å². The molecule has 5 rings (SSSR count). The second-order valence-electron chi connectivity index (χ2n) is 8.13. The Balaban J connectivity index is 1.36. The molecule has 0 aliphatic carbocycles. The van der Waals surface area contributed by atoms with Crippen LogP contribution in [0.15, 0.2) is 89.8 Å². The molecule has 4 aromatic carbocycles. The van der Waals surface area contributed by atoms with E-state index < -0.39 is 4.92 Å². The van der Waals surface area contributed by atoms with E-state index in [1.165, 1.54) is 23.1 Å². The molecule has 0 saturated carbocycles. The minimum atomic E-state index is -0.507. The van der Waals surface area contributed by atoms with E-state index in [2.05, 4.69) is 18.2 Å². The molecule has 0 spiro atoms. The van der Waals surface area contributed by atoms with E-state index in [0.29, 0.717) is 33.0 Å². The standard InChI is InChI=1S/C28H20N2O5S2/c1-34-25-14-18(12-13-24(25)35-17-20-8-4-7-19-6-2-3-11-23(19)20)15-26-27(31)29(28(36)37-26)21-9-5-10-22(16-21)30(32)33/h2-16H,17H2,1H3/b26-15+. The molecule has 1 saturated heterocycles. The lowest BCUT2D eigenvalue weighted by atomic mass is 10.1. The van der Waals surface area contributed by atoms with Gasteiger partial charge in [0.15, 0.2) is 15.8 Å². The van der Waals surface area contributed by atoms with Crippen LogP contribution in [0, 0.1) is 10.1 Å². The number of carbonyl (C=O) groups is 1. The van der Waals surface area contributed by atoms with Crippen molar-refractivity contribution in [2.75, 3.05) is 12.0 Å². The Morgan fingerprint density at radius 1 is 1.00 bits per heavy atom. The van der Waals surface area contributed by atoms with Crippen LogP contribution in [-0.4, -0.2) is 22.3 Å². The summed E-state index contributed by atoms with van der Waals surface area (Å²) in [6, 6.07) is 25.5. The van der Waals surface area contributed by atoms with Crippen molar-refractivity contribution in [1.82, 2.24) is 0 Å². The van der Waals surface area contributed by atoms with E-state index in [9.17, 15) is 14.9 Å². The average molecular weight is 529 g/mol. The van der Waals surface area contributed by atoms with Crippen LogP contribution in [0.4, 0.5) is 11.4 Å². The normalized spacial score (nSPS) is 14.4. The molecule has 4 aromatic rings. The summed E-state index contributed by atoms with van der Waals surface area (Å²) in [4.78, 5) is 25.5. The van der Waals surface area contributed by atoms with Crippen molar-refractivity contribution in [2.45, 2.75) is 6.61 Å². The number of thioether (sulfide) groups is 1. The first-order valence-corrected chi connectivity index (χ1v) is 12.5. The molecule has 0 bridgehead atoms. The third kappa shape index (κ3) is 5.04. The minimum absolute atomic E-state index is 0.112. The summed E-state index contributed by atoms with van der Waals surface area (Å²) in [5.74, 6) is 0.769. The number of rotatable bonds is 7. The van der Waals surface area contributed by atoms with Crippen molar-refractivity contribution in [3.63, 3.8) is 0 Å². The Labute approximate surface area is 222 Å². The Morgan fingerprint density at radius 3 is 2.59 bits per heavy atom. The van der Waals surface area contributed by atoms with E-state index in [1.54, 1.807) is 31.4 Å². The van der Waals surface area contributed by atoms with Gasteiger partial charge in [0.1, 0.15) is 6.61 Å². The highest BCUT2D eigenvalue weighted by molar-refractivity contribution is 8.27. The number of nitro benzene ring substituents is 1. The molecule has 184 valence electrons. The highest BCUT2D eigenvalue weighted by Crippen LogP contribution is 2.38. The molecule has 1 amide bonds. The number of fused-ring (bicyclic) bond motifs is 1. The molecule has 0 radical (unpaired) electrons. The zero-order valence-corrected chi connectivity index (χ0v) is 21.3. The van der Waals surface area contributed by atoms with Gasteiger partial charge in [0.2, 0.25) is 0 Å². The number of carbonyl (C=O) groups excluding carboxylic acids is 1. The molecule has 1 aliphatic rings. The van der Waals surface area contributed by atoms with Crippen LogP contribution in [0.5, 0.6) is 11.5 Å². The molecule has 1 heterocycles. The fourth-order valence-electron chi connectivity index (χ4n) is 4.05. The molecule has 0 unspecified atom stereocenters. The van der Waals surface area contributed by atoms with Crippen LogP contribution in [0.3, 0.4) is 0 Å². The molecule has 0 N–H and O–H groups in total. The van der Waals surface area contributed by atoms with Crippen LogP contribution >= 0.6 is 24.0 Å².